The second kappa shape index (κ2) is 13.4. The van der Waals surface area contributed by atoms with Crippen LogP contribution in [0.1, 0.15) is 33.1 Å². The van der Waals surface area contributed by atoms with Crippen molar-refractivity contribution in [3.8, 4) is 0 Å². The Morgan fingerprint density at radius 1 is 0.839 bits per heavy atom. The van der Waals surface area contributed by atoms with E-state index in [0.717, 1.165) is 0 Å². The van der Waals surface area contributed by atoms with Gasteiger partial charge in [-0.2, -0.15) is 12.6 Å². The number of rotatable bonds is 14. The first-order chi connectivity index (χ1) is 14.3. The molecule has 4 unspecified atom stereocenters. The van der Waals surface area contributed by atoms with Crippen molar-refractivity contribution >= 4 is 48.2 Å². The molecule has 0 fully saturated rings. The van der Waals surface area contributed by atoms with Crippen LogP contribution >= 0.6 is 12.6 Å². The molecular formula is C17H29N5O8S. The number of carboxylic acids is 2. The third kappa shape index (κ3) is 11.2. The SMILES string of the molecule is CC(C)CC(NC(=O)C(CC(=O)O)NC(=O)C(N)CS)C(=O)NC(CC(N)=O)C(=O)O. The maximum atomic E-state index is 12.6. The number of carbonyl (C=O) groups is 6. The van der Waals surface area contributed by atoms with Gasteiger partial charge in [-0.25, -0.2) is 4.79 Å². The standard InChI is InChI=1S/C17H29N5O8S/c1-7(2)3-9(15(27)22-11(17(29)30)4-12(19)23)21-16(28)10(5-13(24)25)20-14(26)8(18)6-31/h7-11,31H,3-6,18H2,1-2H3,(H2,19,23)(H,20,26)(H,21,28)(H,22,27)(H,24,25)(H,29,30). The molecule has 13 nitrogen and oxygen atoms in total. The molecule has 4 amide bonds. The molecule has 0 saturated heterocycles. The van der Waals surface area contributed by atoms with Crippen molar-refractivity contribution in [1.82, 2.24) is 16.0 Å². The van der Waals surface area contributed by atoms with Crippen LogP contribution in [-0.2, 0) is 28.8 Å². The molecule has 0 aliphatic heterocycles. The highest BCUT2D eigenvalue weighted by Gasteiger charge is 2.32. The third-order valence-electron chi connectivity index (χ3n) is 3.91. The van der Waals surface area contributed by atoms with E-state index in [2.05, 4.69) is 28.6 Å². The average Bonchev–Trinajstić information content (AvgIpc) is 2.64. The molecule has 0 aliphatic carbocycles. The van der Waals surface area contributed by atoms with E-state index >= 15 is 0 Å². The molecule has 14 heteroatoms. The van der Waals surface area contributed by atoms with Crippen LogP contribution in [0, 0.1) is 5.92 Å². The Bertz CT molecular complexity index is 702. The van der Waals surface area contributed by atoms with Crippen molar-refractivity contribution in [3.05, 3.63) is 0 Å². The minimum Gasteiger partial charge on any atom is -0.481 e. The summed E-state index contributed by atoms with van der Waals surface area (Å²) in [4.78, 5) is 70.5. The fourth-order valence-electron chi connectivity index (χ4n) is 2.39. The lowest BCUT2D eigenvalue weighted by Gasteiger charge is -2.25. The maximum absolute atomic E-state index is 12.6. The Morgan fingerprint density at radius 2 is 1.32 bits per heavy atom. The molecule has 0 saturated carbocycles. The fraction of sp³-hybridized carbons (Fsp3) is 0.647. The predicted octanol–water partition coefficient (Wildman–Crippen LogP) is -2.82. The summed E-state index contributed by atoms with van der Waals surface area (Å²) in [6.45, 7) is 3.46. The molecule has 0 heterocycles. The summed E-state index contributed by atoms with van der Waals surface area (Å²) in [7, 11) is 0. The monoisotopic (exact) mass is 463 g/mol. The molecule has 0 aromatic heterocycles. The summed E-state index contributed by atoms with van der Waals surface area (Å²) in [6.07, 6.45) is -1.39. The van der Waals surface area contributed by atoms with Gasteiger partial charge >= 0.3 is 11.9 Å². The van der Waals surface area contributed by atoms with Gasteiger partial charge < -0.3 is 37.6 Å². The molecular weight excluding hydrogens is 434 g/mol. The molecule has 0 rings (SSSR count). The van der Waals surface area contributed by atoms with Gasteiger partial charge in [0.05, 0.1) is 18.9 Å². The van der Waals surface area contributed by atoms with Crippen LogP contribution in [0.4, 0.5) is 0 Å². The molecule has 0 aromatic rings. The molecule has 0 spiro atoms. The Hall–Kier alpha value is -2.87. The van der Waals surface area contributed by atoms with Gasteiger partial charge in [0.15, 0.2) is 0 Å². The van der Waals surface area contributed by atoms with Gasteiger partial charge in [0.25, 0.3) is 0 Å². The largest absolute Gasteiger partial charge is 0.481 e. The highest BCUT2D eigenvalue weighted by atomic mass is 32.1. The van der Waals surface area contributed by atoms with Crippen LogP contribution in [-0.4, -0.2) is 75.7 Å². The topological polar surface area (TPSA) is 231 Å². The quantitative estimate of drug-likeness (QED) is 0.124. The van der Waals surface area contributed by atoms with E-state index in [1.165, 1.54) is 0 Å². The van der Waals surface area contributed by atoms with Gasteiger partial charge in [-0.15, -0.1) is 0 Å². The summed E-state index contributed by atoms with van der Waals surface area (Å²) >= 11 is 3.85. The second-order valence-electron chi connectivity index (χ2n) is 7.21. The minimum absolute atomic E-state index is 0.0535. The fourth-order valence-corrected chi connectivity index (χ4v) is 2.56. The van der Waals surface area contributed by atoms with E-state index in [9.17, 15) is 28.8 Å². The number of primary amides is 1. The van der Waals surface area contributed by atoms with E-state index in [4.69, 9.17) is 21.7 Å². The number of amides is 4. The molecule has 0 aliphatic rings. The Kier molecular flexibility index (Phi) is 12.2. The third-order valence-corrected chi connectivity index (χ3v) is 4.30. The maximum Gasteiger partial charge on any atom is 0.326 e. The number of nitrogens with one attached hydrogen (secondary N) is 3. The summed E-state index contributed by atoms with van der Waals surface area (Å²) in [5.74, 6) is -6.75. The van der Waals surface area contributed by atoms with Crippen LogP contribution in [0.3, 0.4) is 0 Å². The first kappa shape index (κ1) is 28.1. The summed E-state index contributed by atoms with van der Waals surface area (Å²) < 4.78 is 0. The zero-order chi connectivity index (χ0) is 24.3. The van der Waals surface area contributed by atoms with E-state index in [-0.39, 0.29) is 18.1 Å². The summed E-state index contributed by atoms with van der Waals surface area (Å²) in [5.41, 5.74) is 10.5. The normalized spacial score (nSPS) is 14.6. The van der Waals surface area contributed by atoms with Crippen molar-refractivity contribution in [2.45, 2.75) is 57.3 Å². The van der Waals surface area contributed by atoms with E-state index < -0.39 is 72.6 Å². The molecule has 4 atom stereocenters. The minimum atomic E-state index is -1.61. The molecule has 0 radical (unpaired) electrons. The Morgan fingerprint density at radius 3 is 1.74 bits per heavy atom. The van der Waals surface area contributed by atoms with E-state index in [1.807, 2.05) is 0 Å². The average molecular weight is 464 g/mol. The van der Waals surface area contributed by atoms with Crippen molar-refractivity contribution in [3.63, 3.8) is 0 Å². The number of thiol groups is 1. The molecule has 9 N–H and O–H groups in total. The Labute approximate surface area is 184 Å². The van der Waals surface area contributed by atoms with Gasteiger partial charge in [-0.05, 0) is 12.3 Å². The van der Waals surface area contributed by atoms with Gasteiger partial charge in [0, 0.05) is 5.75 Å². The number of nitrogens with two attached hydrogens (primary N) is 2. The van der Waals surface area contributed by atoms with Crippen LogP contribution in [0.25, 0.3) is 0 Å². The smallest absolute Gasteiger partial charge is 0.326 e. The highest BCUT2D eigenvalue weighted by Crippen LogP contribution is 2.07. The lowest BCUT2D eigenvalue weighted by Crippen LogP contribution is -2.58. The number of hydrogen-bond acceptors (Lipinski definition) is 8. The van der Waals surface area contributed by atoms with Crippen LogP contribution < -0.4 is 27.4 Å². The van der Waals surface area contributed by atoms with Crippen molar-refractivity contribution < 1.29 is 39.0 Å². The van der Waals surface area contributed by atoms with Gasteiger partial charge in [-0.1, -0.05) is 13.8 Å². The van der Waals surface area contributed by atoms with Gasteiger partial charge in [0.1, 0.15) is 18.1 Å². The highest BCUT2D eigenvalue weighted by molar-refractivity contribution is 7.80. The van der Waals surface area contributed by atoms with Crippen LogP contribution in [0.15, 0.2) is 0 Å². The first-order valence-electron chi connectivity index (χ1n) is 9.28. The number of hydrogen-bond donors (Lipinski definition) is 8. The van der Waals surface area contributed by atoms with Crippen LogP contribution in [0.5, 0.6) is 0 Å². The summed E-state index contributed by atoms with van der Waals surface area (Å²) in [6, 6.07) is -5.51. The number of aliphatic carboxylic acids is 2. The molecule has 0 aromatic carbocycles. The van der Waals surface area contributed by atoms with Gasteiger partial charge in [0.2, 0.25) is 23.6 Å². The van der Waals surface area contributed by atoms with E-state index in [0.29, 0.717) is 0 Å². The van der Waals surface area contributed by atoms with Crippen LogP contribution in [0.2, 0.25) is 0 Å². The second-order valence-corrected chi connectivity index (χ2v) is 7.57. The van der Waals surface area contributed by atoms with E-state index in [1.54, 1.807) is 13.8 Å². The van der Waals surface area contributed by atoms with Crippen molar-refractivity contribution in [2.75, 3.05) is 5.75 Å². The number of carbonyl (C=O) groups excluding carboxylic acids is 4. The first-order valence-corrected chi connectivity index (χ1v) is 9.92. The Balaban J connectivity index is 5.51. The van der Waals surface area contributed by atoms with Crippen molar-refractivity contribution in [2.24, 2.45) is 17.4 Å². The van der Waals surface area contributed by atoms with Crippen molar-refractivity contribution in [1.29, 1.82) is 0 Å². The van der Waals surface area contributed by atoms with Gasteiger partial charge in [-0.3, -0.25) is 24.0 Å². The summed E-state index contributed by atoms with van der Waals surface area (Å²) in [5, 5.41) is 24.8. The zero-order valence-corrected chi connectivity index (χ0v) is 18.1. The number of carboxylic acid groups (broad SMARTS) is 2. The molecule has 176 valence electrons. The molecule has 0 bridgehead atoms. The predicted molar refractivity (Wildman–Crippen MR) is 111 cm³/mol. The molecule has 31 heavy (non-hydrogen) atoms. The lowest BCUT2D eigenvalue weighted by molar-refractivity contribution is -0.144. The zero-order valence-electron chi connectivity index (χ0n) is 17.2. The lowest BCUT2D eigenvalue weighted by atomic mass is 10.0.